The lowest BCUT2D eigenvalue weighted by Crippen LogP contribution is -2.12. The molecule has 1 aromatic rings. The lowest BCUT2D eigenvalue weighted by atomic mass is 10.1. The van der Waals surface area contributed by atoms with Crippen molar-refractivity contribution in [3.05, 3.63) is 23.8 Å². The molecule has 0 radical (unpaired) electrons. The van der Waals surface area contributed by atoms with Crippen LogP contribution in [0.25, 0.3) is 0 Å². The summed E-state index contributed by atoms with van der Waals surface area (Å²) in [5.41, 5.74) is 0.487. The van der Waals surface area contributed by atoms with Gasteiger partial charge in [0.2, 0.25) is 0 Å². The predicted molar refractivity (Wildman–Crippen MR) is 47.0 cm³/mol. The Kier molecular flexibility index (Phi) is 1.92. The molecular formula is C9H9NO4. The third-order valence-corrected chi connectivity index (χ3v) is 2.04. The Bertz CT molecular complexity index is 377. The van der Waals surface area contributed by atoms with Gasteiger partial charge in [-0.1, -0.05) is 0 Å². The molecule has 1 unspecified atom stereocenters. The number of benzene rings is 1. The zero-order chi connectivity index (χ0) is 10.1. The highest BCUT2D eigenvalue weighted by atomic mass is 16.6. The van der Waals surface area contributed by atoms with E-state index in [2.05, 4.69) is 5.32 Å². The van der Waals surface area contributed by atoms with Crippen molar-refractivity contribution in [3.8, 4) is 11.5 Å². The van der Waals surface area contributed by atoms with Gasteiger partial charge in [-0.15, -0.1) is 0 Å². The van der Waals surface area contributed by atoms with E-state index in [1.807, 2.05) is 0 Å². The van der Waals surface area contributed by atoms with Crippen LogP contribution in [-0.4, -0.2) is 22.9 Å². The van der Waals surface area contributed by atoms with Crippen LogP contribution in [0.15, 0.2) is 18.2 Å². The summed E-state index contributed by atoms with van der Waals surface area (Å²) in [6.45, 7) is 0.331. The number of cyclic esters (lactones) is 1. The number of ether oxygens (including phenoxy) is 1. The maximum Gasteiger partial charge on any atom is 0.407 e. The van der Waals surface area contributed by atoms with Crippen LogP contribution >= 0.6 is 0 Å². The van der Waals surface area contributed by atoms with Gasteiger partial charge in [0.25, 0.3) is 0 Å². The first-order valence-corrected chi connectivity index (χ1v) is 4.13. The van der Waals surface area contributed by atoms with Crippen molar-refractivity contribution in [1.82, 2.24) is 5.32 Å². The van der Waals surface area contributed by atoms with Crippen molar-refractivity contribution in [3.63, 3.8) is 0 Å². The number of phenols is 2. The molecule has 5 nitrogen and oxygen atoms in total. The molecule has 1 aliphatic rings. The lowest BCUT2D eigenvalue weighted by Gasteiger charge is -2.09. The number of carbonyl (C=O) groups is 1. The quantitative estimate of drug-likeness (QED) is 0.621. The monoisotopic (exact) mass is 195 g/mol. The van der Waals surface area contributed by atoms with Gasteiger partial charge in [-0.3, -0.25) is 0 Å². The van der Waals surface area contributed by atoms with Crippen molar-refractivity contribution in [2.45, 2.75) is 6.10 Å². The van der Waals surface area contributed by atoms with E-state index in [4.69, 9.17) is 9.84 Å². The summed E-state index contributed by atoms with van der Waals surface area (Å²) in [6.07, 6.45) is -0.981. The van der Waals surface area contributed by atoms with E-state index in [-0.39, 0.29) is 11.5 Å². The first-order chi connectivity index (χ1) is 6.66. The Balaban J connectivity index is 2.28. The molecule has 2 rings (SSSR count). The second kappa shape index (κ2) is 3.10. The second-order valence-corrected chi connectivity index (χ2v) is 3.02. The Morgan fingerprint density at radius 3 is 2.79 bits per heavy atom. The van der Waals surface area contributed by atoms with Crippen LogP contribution in [0.2, 0.25) is 0 Å². The lowest BCUT2D eigenvalue weighted by molar-refractivity contribution is 0.139. The van der Waals surface area contributed by atoms with Gasteiger partial charge in [0.15, 0.2) is 0 Å². The van der Waals surface area contributed by atoms with Gasteiger partial charge in [-0.25, -0.2) is 4.79 Å². The fourth-order valence-electron chi connectivity index (χ4n) is 1.37. The fraction of sp³-hybridized carbons (Fsp3) is 0.222. The Labute approximate surface area is 79.9 Å². The van der Waals surface area contributed by atoms with E-state index in [0.29, 0.717) is 12.1 Å². The van der Waals surface area contributed by atoms with E-state index in [1.54, 1.807) is 0 Å². The van der Waals surface area contributed by atoms with Gasteiger partial charge in [0.05, 0.1) is 6.54 Å². The smallest absolute Gasteiger partial charge is 0.407 e. The zero-order valence-electron chi connectivity index (χ0n) is 7.23. The molecular weight excluding hydrogens is 186 g/mol. The molecule has 0 spiro atoms. The maximum absolute atomic E-state index is 10.7. The van der Waals surface area contributed by atoms with E-state index >= 15 is 0 Å². The van der Waals surface area contributed by atoms with Gasteiger partial charge < -0.3 is 20.3 Å². The van der Waals surface area contributed by atoms with Crippen LogP contribution in [0.3, 0.4) is 0 Å². The minimum atomic E-state index is -0.498. The molecule has 5 heteroatoms. The van der Waals surface area contributed by atoms with E-state index in [0.717, 1.165) is 0 Å². The zero-order valence-corrected chi connectivity index (χ0v) is 7.23. The van der Waals surface area contributed by atoms with Gasteiger partial charge in [-0.05, 0) is 12.1 Å². The predicted octanol–water partition coefficient (Wildman–Crippen LogP) is 0.879. The number of amides is 1. The van der Waals surface area contributed by atoms with E-state index < -0.39 is 12.2 Å². The Hall–Kier alpha value is -1.91. The number of carbonyl (C=O) groups excluding carboxylic acids is 1. The Morgan fingerprint density at radius 2 is 2.21 bits per heavy atom. The minimum Gasteiger partial charge on any atom is -0.508 e. The molecule has 0 aliphatic carbocycles. The van der Waals surface area contributed by atoms with Crippen LogP contribution in [0, 0.1) is 0 Å². The van der Waals surface area contributed by atoms with Crippen molar-refractivity contribution in [2.24, 2.45) is 0 Å². The molecule has 1 saturated heterocycles. The number of phenolic OH excluding ortho intramolecular Hbond substituents is 2. The molecule has 1 fully saturated rings. The largest absolute Gasteiger partial charge is 0.508 e. The normalized spacial score (nSPS) is 20.3. The molecule has 0 aromatic heterocycles. The first-order valence-electron chi connectivity index (χ1n) is 4.13. The number of aromatic hydroxyl groups is 2. The molecule has 1 aliphatic heterocycles. The molecule has 1 amide bonds. The number of hydrogen-bond donors (Lipinski definition) is 3. The number of alkyl carbamates (subject to hydrolysis) is 1. The fourth-order valence-corrected chi connectivity index (χ4v) is 1.37. The standard InChI is InChI=1S/C9H9NO4/c11-5-1-2-6(7(12)3-5)8-4-10-9(13)14-8/h1-3,8,11-12H,4H2,(H,10,13). The molecule has 1 aromatic carbocycles. The second-order valence-electron chi connectivity index (χ2n) is 3.02. The summed E-state index contributed by atoms with van der Waals surface area (Å²) in [4.78, 5) is 10.7. The van der Waals surface area contributed by atoms with Gasteiger partial charge in [0, 0.05) is 11.6 Å². The molecule has 1 heterocycles. The average Bonchev–Trinajstić information content (AvgIpc) is 2.51. The Morgan fingerprint density at radius 1 is 1.43 bits per heavy atom. The summed E-state index contributed by atoms with van der Waals surface area (Å²) < 4.78 is 4.88. The highest BCUT2D eigenvalue weighted by Crippen LogP contribution is 2.31. The van der Waals surface area contributed by atoms with Crippen molar-refractivity contribution in [1.29, 1.82) is 0 Å². The van der Waals surface area contributed by atoms with Gasteiger partial charge >= 0.3 is 6.09 Å². The summed E-state index contributed by atoms with van der Waals surface area (Å²) in [5.74, 6) is -0.102. The first kappa shape index (κ1) is 8.68. The maximum atomic E-state index is 10.7. The number of rotatable bonds is 1. The molecule has 0 bridgehead atoms. The van der Waals surface area contributed by atoms with Crippen molar-refractivity contribution >= 4 is 6.09 Å². The van der Waals surface area contributed by atoms with E-state index in [9.17, 15) is 9.90 Å². The van der Waals surface area contributed by atoms with Crippen molar-refractivity contribution in [2.75, 3.05) is 6.54 Å². The third-order valence-electron chi connectivity index (χ3n) is 2.04. The van der Waals surface area contributed by atoms with Gasteiger partial charge in [-0.2, -0.15) is 0 Å². The third kappa shape index (κ3) is 1.44. The molecule has 1 atom stereocenters. The topological polar surface area (TPSA) is 78.8 Å². The SMILES string of the molecule is O=C1NCC(c2ccc(O)cc2O)O1. The van der Waals surface area contributed by atoms with E-state index in [1.165, 1.54) is 18.2 Å². The summed E-state index contributed by atoms with van der Waals surface area (Å²) in [7, 11) is 0. The summed E-state index contributed by atoms with van der Waals surface area (Å²) in [6, 6.07) is 4.16. The molecule has 0 saturated carbocycles. The molecule has 74 valence electrons. The highest BCUT2D eigenvalue weighted by Gasteiger charge is 2.26. The van der Waals surface area contributed by atoms with Crippen LogP contribution in [0.4, 0.5) is 4.79 Å². The average molecular weight is 195 g/mol. The van der Waals surface area contributed by atoms with Crippen molar-refractivity contribution < 1.29 is 19.7 Å². The van der Waals surface area contributed by atoms with Crippen LogP contribution < -0.4 is 5.32 Å². The van der Waals surface area contributed by atoms with Crippen LogP contribution in [0.1, 0.15) is 11.7 Å². The highest BCUT2D eigenvalue weighted by molar-refractivity contribution is 5.70. The molecule has 14 heavy (non-hydrogen) atoms. The number of hydrogen-bond acceptors (Lipinski definition) is 4. The molecule has 3 N–H and O–H groups in total. The summed E-state index contributed by atoms with van der Waals surface area (Å²) >= 11 is 0. The minimum absolute atomic E-state index is 0.0245. The van der Waals surface area contributed by atoms with Gasteiger partial charge in [0.1, 0.15) is 17.6 Å². The van der Waals surface area contributed by atoms with Crippen LogP contribution in [0.5, 0.6) is 11.5 Å². The van der Waals surface area contributed by atoms with Crippen LogP contribution in [-0.2, 0) is 4.74 Å². The summed E-state index contributed by atoms with van der Waals surface area (Å²) in [5, 5.41) is 21.0. The number of nitrogens with one attached hydrogen (secondary N) is 1.